The number of hydrogen-bond acceptors (Lipinski definition) is 6. The number of methoxy groups -OCH3 is 1. The smallest absolute Gasteiger partial charge is 0.251 e. The molecule has 0 bridgehead atoms. The van der Waals surface area contributed by atoms with Crippen molar-refractivity contribution in [3.63, 3.8) is 0 Å². The first kappa shape index (κ1) is 20.5. The summed E-state index contributed by atoms with van der Waals surface area (Å²) in [6.45, 7) is 0.934. The van der Waals surface area contributed by atoms with Crippen LogP contribution in [0.15, 0.2) is 53.1 Å². The summed E-state index contributed by atoms with van der Waals surface area (Å²) in [6.07, 6.45) is 0.276. The second-order valence-electron chi connectivity index (χ2n) is 7.26. The molecule has 1 saturated heterocycles. The van der Waals surface area contributed by atoms with Crippen LogP contribution in [0.4, 0.5) is 4.39 Å². The molecule has 4 rings (SSSR count). The number of nitrogens with one attached hydrogen (secondary N) is 1. The average Bonchev–Trinajstić information content (AvgIpc) is 3.40. The number of nitrogens with zero attached hydrogens (tertiary/aromatic N) is 3. The Morgan fingerprint density at radius 2 is 1.97 bits per heavy atom. The highest BCUT2D eigenvalue weighted by Gasteiger charge is 2.33. The molecule has 1 aromatic heterocycles. The van der Waals surface area contributed by atoms with Crippen molar-refractivity contribution >= 4 is 11.8 Å². The van der Waals surface area contributed by atoms with Gasteiger partial charge in [-0.15, -0.1) is 0 Å². The molecule has 0 aliphatic carbocycles. The van der Waals surface area contributed by atoms with Crippen LogP contribution >= 0.6 is 0 Å². The minimum Gasteiger partial charge on any atom is -0.497 e. The summed E-state index contributed by atoms with van der Waals surface area (Å²) >= 11 is 0. The fraction of sp³-hybridized carbons (Fsp3) is 0.273. The zero-order valence-corrected chi connectivity index (χ0v) is 16.9. The van der Waals surface area contributed by atoms with Gasteiger partial charge in [-0.1, -0.05) is 17.3 Å². The van der Waals surface area contributed by atoms with Crippen molar-refractivity contribution in [3.05, 3.63) is 77.2 Å². The van der Waals surface area contributed by atoms with Crippen molar-refractivity contribution in [2.24, 2.45) is 0 Å². The normalized spacial score (nSPS) is 15.9. The van der Waals surface area contributed by atoms with Crippen molar-refractivity contribution < 1.29 is 23.2 Å². The predicted octanol–water partition coefficient (Wildman–Crippen LogP) is 2.66. The van der Waals surface area contributed by atoms with Crippen molar-refractivity contribution in [2.45, 2.75) is 25.4 Å². The maximum atomic E-state index is 13.1. The van der Waals surface area contributed by atoms with E-state index in [-0.39, 0.29) is 42.4 Å². The third-order valence-electron chi connectivity index (χ3n) is 5.10. The van der Waals surface area contributed by atoms with E-state index < -0.39 is 0 Å². The van der Waals surface area contributed by atoms with Crippen LogP contribution in [-0.2, 0) is 17.9 Å². The summed E-state index contributed by atoms with van der Waals surface area (Å²) in [4.78, 5) is 30.6. The van der Waals surface area contributed by atoms with E-state index in [4.69, 9.17) is 9.26 Å². The quantitative estimate of drug-likeness (QED) is 0.626. The third-order valence-corrected chi connectivity index (χ3v) is 5.10. The molecule has 8 nitrogen and oxygen atoms in total. The van der Waals surface area contributed by atoms with E-state index in [9.17, 15) is 14.0 Å². The topological polar surface area (TPSA) is 97.6 Å². The molecule has 160 valence electrons. The van der Waals surface area contributed by atoms with E-state index in [2.05, 4.69) is 15.5 Å². The fourth-order valence-electron chi connectivity index (χ4n) is 3.41. The molecular formula is C22H21FN4O4. The lowest BCUT2D eigenvalue weighted by Crippen LogP contribution is -2.24. The Kier molecular flexibility index (Phi) is 5.92. The lowest BCUT2D eigenvalue weighted by molar-refractivity contribution is -0.128. The number of carbonyl (C=O) groups excluding carboxylic acids is 2. The zero-order valence-electron chi connectivity index (χ0n) is 16.9. The first-order valence-electron chi connectivity index (χ1n) is 9.79. The molecule has 1 fully saturated rings. The third kappa shape index (κ3) is 4.88. The maximum absolute atomic E-state index is 13.1. The molecule has 1 atom stereocenters. The number of hydrogen-bond donors (Lipinski definition) is 1. The van der Waals surface area contributed by atoms with E-state index >= 15 is 0 Å². The molecule has 0 radical (unpaired) electrons. The summed E-state index contributed by atoms with van der Waals surface area (Å²) in [5, 5.41) is 6.70. The molecule has 1 N–H and O–H groups in total. The van der Waals surface area contributed by atoms with E-state index in [1.807, 2.05) is 0 Å². The molecule has 9 heteroatoms. The number of ether oxygens (including phenoxy) is 1. The van der Waals surface area contributed by atoms with Gasteiger partial charge in [0, 0.05) is 31.0 Å². The van der Waals surface area contributed by atoms with Gasteiger partial charge in [-0.3, -0.25) is 9.59 Å². The molecule has 2 heterocycles. The van der Waals surface area contributed by atoms with Crippen LogP contribution in [0.2, 0.25) is 0 Å². The number of amides is 2. The largest absolute Gasteiger partial charge is 0.497 e. The Hall–Kier alpha value is -3.75. The van der Waals surface area contributed by atoms with Gasteiger partial charge < -0.3 is 19.5 Å². The van der Waals surface area contributed by atoms with Crippen molar-refractivity contribution in [3.8, 4) is 5.75 Å². The summed E-state index contributed by atoms with van der Waals surface area (Å²) in [5.74, 6) is 0.565. The Morgan fingerprint density at radius 1 is 1.23 bits per heavy atom. The Labute approximate surface area is 178 Å². The monoisotopic (exact) mass is 424 g/mol. The van der Waals surface area contributed by atoms with Gasteiger partial charge in [-0.25, -0.2) is 4.39 Å². The molecular weight excluding hydrogens is 403 g/mol. The lowest BCUT2D eigenvalue weighted by Gasteiger charge is -2.16. The highest BCUT2D eigenvalue weighted by Crippen LogP contribution is 2.27. The SMILES string of the molecule is COc1ccc(C(=O)NCc2nc([C@@H]3CC(=O)N(Cc4ccc(F)cc4)C3)no2)cc1. The summed E-state index contributed by atoms with van der Waals surface area (Å²) < 4.78 is 23.4. The van der Waals surface area contributed by atoms with Gasteiger partial charge in [0.2, 0.25) is 11.8 Å². The van der Waals surface area contributed by atoms with Gasteiger partial charge in [0.05, 0.1) is 13.7 Å². The van der Waals surface area contributed by atoms with E-state index in [0.29, 0.717) is 30.2 Å². The highest BCUT2D eigenvalue weighted by molar-refractivity contribution is 5.94. The van der Waals surface area contributed by atoms with Gasteiger partial charge >= 0.3 is 0 Å². The Balaban J connectivity index is 1.32. The van der Waals surface area contributed by atoms with Crippen LogP contribution in [0.3, 0.4) is 0 Å². The van der Waals surface area contributed by atoms with Gasteiger partial charge in [-0.2, -0.15) is 4.98 Å². The summed E-state index contributed by atoms with van der Waals surface area (Å²) in [7, 11) is 1.56. The number of carbonyl (C=O) groups is 2. The molecule has 2 aromatic carbocycles. The zero-order chi connectivity index (χ0) is 21.8. The van der Waals surface area contributed by atoms with Crippen molar-refractivity contribution in [1.29, 1.82) is 0 Å². The van der Waals surface area contributed by atoms with Crippen molar-refractivity contribution in [1.82, 2.24) is 20.4 Å². The second-order valence-corrected chi connectivity index (χ2v) is 7.26. The van der Waals surface area contributed by atoms with Crippen LogP contribution in [0.5, 0.6) is 5.75 Å². The first-order chi connectivity index (χ1) is 15.0. The van der Waals surface area contributed by atoms with Gasteiger partial charge in [0.15, 0.2) is 5.82 Å². The number of aromatic nitrogens is 2. The van der Waals surface area contributed by atoms with Crippen LogP contribution in [-0.4, -0.2) is 40.5 Å². The van der Waals surface area contributed by atoms with E-state index in [1.54, 1.807) is 48.4 Å². The van der Waals surface area contributed by atoms with Crippen LogP contribution in [0.25, 0.3) is 0 Å². The molecule has 0 spiro atoms. The minimum absolute atomic E-state index is 0.0199. The summed E-state index contributed by atoms with van der Waals surface area (Å²) in [5.41, 5.74) is 1.34. The van der Waals surface area contributed by atoms with Crippen LogP contribution in [0.1, 0.15) is 40.0 Å². The van der Waals surface area contributed by atoms with Crippen molar-refractivity contribution in [2.75, 3.05) is 13.7 Å². The first-order valence-corrected chi connectivity index (χ1v) is 9.79. The number of rotatable bonds is 7. The maximum Gasteiger partial charge on any atom is 0.251 e. The summed E-state index contributed by atoms with van der Waals surface area (Å²) in [6, 6.07) is 12.8. The fourth-order valence-corrected chi connectivity index (χ4v) is 3.41. The standard InChI is InChI=1S/C22H21FN4O4/c1-30-18-8-4-15(5-9-18)22(29)24-11-19-25-21(26-31-19)16-10-20(28)27(13-16)12-14-2-6-17(23)7-3-14/h2-9,16H,10-13H2,1H3,(H,24,29)/t16-/m1/s1. The molecule has 0 saturated carbocycles. The average molecular weight is 424 g/mol. The highest BCUT2D eigenvalue weighted by atomic mass is 19.1. The molecule has 3 aromatic rings. The molecule has 0 unspecified atom stereocenters. The van der Waals surface area contributed by atoms with Gasteiger partial charge in [0.25, 0.3) is 5.91 Å². The molecule has 2 amide bonds. The van der Waals surface area contributed by atoms with Crippen LogP contribution < -0.4 is 10.1 Å². The second kappa shape index (κ2) is 8.95. The number of likely N-dealkylation sites (tertiary alicyclic amines) is 1. The van der Waals surface area contributed by atoms with Gasteiger partial charge in [-0.05, 0) is 42.0 Å². The predicted molar refractivity (Wildman–Crippen MR) is 108 cm³/mol. The number of benzene rings is 2. The van der Waals surface area contributed by atoms with Gasteiger partial charge in [0.1, 0.15) is 11.6 Å². The Bertz CT molecular complexity index is 1070. The number of halogens is 1. The van der Waals surface area contributed by atoms with E-state index in [0.717, 1.165) is 5.56 Å². The lowest BCUT2D eigenvalue weighted by atomic mass is 10.1. The van der Waals surface area contributed by atoms with Crippen LogP contribution in [0, 0.1) is 5.82 Å². The Morgan fingerprint density at radius 3 is 2.68 bits per heavy atom. The van der Waals surface area contributed by atoms with E-state index in [1.165, 1.54) is 12.1 Å². The minimum atomic E-state index is -0.312. The molecule has 1 aliphatic heterocycles. The molecule has 31 heavy (non-hydrogen) atoms. The molecule has 1 aliphatic rings.